The predicted molar refractivity (Wildman–Crippen MR) is 62.7 cm³/mol. The molecule has 1 rings (SSSR count). The number of benzene rings is 1. The first-order chi connectivity index (χ1) is 7.13. The van der Waals surface area contributed by atoms with Crippen LogP contribution in [0.15, 0.2) is 18.2 Å². The molecule has 0 bridgehead atoms. The van der Waals surface area contributed by atoms with Crippen molar-refractivity contribution in [3.63, 3.8) is 0 Å². The van der Waals surface area contributed by atoms with Crippen molar-refractivity contribution in [2.75, 3.05) is 13.2 Å². The predicted octanol–water partition coefficient (Wildman–Crippen LogP) is 0.830. The third-order valence-electron chi connectivity index (χ3n) is 1.68. The van der Waals surface area contributed by atoms with Gasteiger partial charge in [0.05, 0.1) is 11.6 Å². The third kappa shape index (κ3) is 3.98. The maximum absolute atomic E-state index is 5.90. The molecule has 0 saturated carbocycles. The van der Waals surface area contributed by atoms with Crippen molar-refractivity contribution >= 4 is 29.0 Å². The van der Waals surface area contributed by atoms with E-state index < -0.39 is 0 Å². The van der Waals surface area contributed by atoms with E-state index in [0.717, 1.165) is 6.54 Å². The molecule has 0 radical (unpaired) electrons. The normalized spacial score (nSPS) is 11.5. The summed E-state index contributed by atoms with van der Waals surface area (Å²) in [6.07, 6.45) is 0. The first kappa shape index (κ1) is 12.1. The van der Waals surface area contributed by atoms with Gasteiger partial charge in [-0.25, -0.2) is 0 Å². The lowest BCUT2D eigenvalue weighted by Crippen LogP contribution is -2.76. The van der Waals surface area contributed by atoms with Gasteiger partial charge in [0.1, 0.15) is 5.75 Å². The van der Waals surface area contributed by atoms with E-state index >= 15 is 0 Å². The van der Waals surface area contributed by atoms with E-state index in [9.17, 15) is 0 Å². The number of halogens is 2. The van der Waals surface area contributed by atoms with Crippen LogP contribution in [0.2, 0.25) is 10.0 Å². The number of hydrogen-bond donors (Lipinski definition) is 2. The lowest BCUT2D eigenvalue weighted by molar-refractivity contribution is -0.455. The minimum absolute atomic E-state index is 0.272. The van der Waals surface area contributed by atoms with Crippen LogP contribution in [-0.2, 0) is 0 Å². The van der Waals surface area contributed by atoms with Gasteiger partial charge in [-0.05, 0) is 19.1 Å². The van der Waals surface area contributed by atoms with Crippen LogP contribution in [0.25, 0.3) is 0 Å². The maximum atomic E-state index is 5.90. The van der Waals surface area contributed by atoms with Gasteiger partial charge in [-0.1, -0.05) is 23.2 Å². The first-order valence-corrected chi connectivity index (χ1v) is 5.32. The molecule has 0 aliphatic rings. The third-order valence-corrected chi connectivity index (χ3v) is 2.23. The van der Waals surface area contributed by atoms with E-state index in [-0.39, 0.29) is 6.61 Å². The zero-order valence-corrected chi connectivity index (χ0v) is 9.90. The lowest BCUT2D eigenvalue weighted by atomic mass is 10.3. The summed E-state index contributed by atoms with van der Waals surface area (Å²) in [7, 11) is 0. The summed E-state index contributed by atoms with van der Waals surface area (Å²) in [6.45, 7) is 2.99. The fraction of sp³-hybridized carbons (Fsp3) is 0.300. The van der Waals surface area contributed by atoms with Crippen LogP contribution in [-0.4, -0.2) is 19.0 Å². The summed E-state index contributed by atoms with van der Waals surface area (Å²) >= 11 is 11.7. The second kappa shape index (κ2) is 5.83. The highest BCUT2D eigenvalue weighted by Crippen LogP contribution is 2.27. The molecule has 0 heterocycles. The summed E-state index contributed by atoms with van der Waals surface area (Å²) in [5, 5.41) is 1.10. The summed E-state index contributed by atoms with van der Waals surface area (Å²) in [6, 6.07) is 5.04. The number of hydrogen-bond acceptors (Lipinski definition) is 1. The molecule has 15 heavy (non-hydrogen) atoms. The van der Waals surface area contributed by atoms with E-state index in [1.165, 1.54) is 0 Å². The zero-order valence-electron chi connectivity index (χ0n) is 8.39. The molecular formula is C10H13Cl2N2O+. The number of nitrogens with two attached hydrogens (primary N) is 1. The molecule has 0 aromatic heterocycles. The van der Waals surface area contributed by atoms with Gasteiger partial charge in [-0.2, -0.15) is 0 Å². The number of amidine groups is 1. The van der Waals surface area contributed by atoms with E-state index in [2.05, 4.69) is 4.99 Å². The largest absolute Gasteiger partial charge is 0.479 e. The first-order valence-electron chi connectivity index (χ1n) is 4.56. The van der Waals surface area contributed by atoms with Crippen molar-refractivity contribution in [2.45, 2.75) is 6.92 Å². The Bertz CT molecular complexity index is 366. The lowest BCUT2D eigenvalue weighted by Gasteiger charge is -2.05. The van der Waals surface area contributed by atoms with E-state index in [4.69, 9.17) is 33.7 Å². The Morgan fingerprint density at radius 3 is 2.87 bits per heavy atom. The summed E-state index contributed by atoms with van der Waals surface area (Å²) < 4.78 is 5.39. The van der Waals surface area contributed by atoms with Crippen molar-refractivity contribution in [1.82, 2.24) is 0 Å². The van der Waals surface area contributed by atoms with Gasteiger partial charge < -0.3 is 4.74 Å². The number of rotatable bonds is 4. The molecule has 82 valence electrons. The second-order valence-electron chi connectivity index (χ2n) is 2.92. The van der Waals surface area contributed by atoms with E-state index in [0.29, 0.717) is 21.6 Å². The Kier molecular flexibility index (Phi) is 4.72. The Labute approximate surface area is 98.8 Å². The van der Waals surface area contributed by atoms with Crippen LogP contribution in [0.3, 0.4) is 0 Å². The van der Waals surface area contributed by atoms with Crippen LogP contribution in [0.5, 0.6) is 5.75 Å². The van der Waals surface area contributed by atoms with Crippen molar-refractivity contribution < 1.29 is 9.73 Å². The SMILES string of the molecule is CC[NH+]=C(N)COc1cc(Cl)ccc1Cl. The molecule has 1 aromatic rings. The van der Waals surface area contributed by atoms with Gasteiger partial charge in [0.15, 0.2) is 6.61 Å². The van der Waals surface area contributed by atoms with Crippen LogP contribution < -0.4 is 15.5 Å². The molecule has 1 aromatic carbocycles. The molecule has 0 amide bonds. The number of ether oxygens (including phenoxy) is 1. The minimum atomic E-state index is 0.272. The molecule has 0 spiro atoms. The summed E-state index contributed by atoms with van der Waals surface area (Å²) in [5.41, 5.74) is 5.62. The molecular weight excluding hydrogens is 235 g/mol. The van der Waals surface area contributed by atoms with Gasteiger partial charge in [0.25, 0.3) is 5.84 Å². The Morgan fingerprint density at radius 2 is 2.20 bits per heavy atom. The minimum Gasteiger partial charge on any atom is -0.479 e. The number of nitrogens with one attached hydrogen (secondary N) is 1. The van der Waals surface area contributed by atoms with Gasteiger partial charge >= 0.3 is 0 Å². The van der Waals surface area contributed by atoms with Crippen LogP contribution in [0.1, 0.15) is 6.92 Å². The van der Waals surface area contributed by atoms with Crippen LogP contribution >= 0.6 is 23.2 Å². The van der Waals surface area contributed by atoms with E-state index in [1.54, 1.807) is 18.2 Å². The van der Waals surface area contributed by atoms with Crippen molar-refractivity contribution in [1.29, 1.82) is 0 Å². The van der Waals surface area contributed by atoms with Crippen molar-refractivity contribution in [2.24, 2.45) is 5.73 Å². The highest BCUT2D eigenvalue weighted by molar-refractivity contribution is 6.34. The smallest absolute Gasteiger partial charge is 0.278 e. The molecule has 0 atom stereocenters. The monoisotopic (exact) mass is 247 g/mol. The van der Waals surface area contributed by atoms with Gasteiger partial charge in [0, 0.05) is 11.1 Å². The van der Waals surface area contributed by atoms with E-state index in [1.807, 2.05) is 6.92 Å². The Morgan fingerprint density at radius 1 is 1.47 bits per heavy atom. The van der Waals surface area contributed by atoms with Crippen molar-refractivity contribution in [3.8, 4) is 5.75 Å². The van der Waals surface area contributed by atoms with Gasteiger partial charge in [-0.3, -0.25) is 10.7 Å². The highest BCUT2D eigenvalue weighted by Gasteiger charge is 2.05. The summed E-state index contributed by atoms with van der Waals surface area (Å²) in [4.78, 5) is 2.94. The standard InChI is InChI=1S/C10H12Cl2N2O/c1-2-14-10(13)6-15-9-5-7(11)3-4-8(9)12/h3-5H,2,6H2,1H3,(H2,13,14)/p+1. The average molecular weight is 248 g/mol. The van der Waals surface area contributed by atoms with Crippen LogP contribution in [0.4, 0.5) is 0 Å². The Balaban J connectivity index is 2.65. The summed E-state index contributed by atoms with van der Waals surface area (Å²) in [5.74, 6) is 1.10. The molecule has 3 N–H and O–H groups in total. The van der Waals surface area contributed by atoms with Gasteiger partial charge in [-0.15, -0.1) is 0 Å². The fourth-order valence-corrected chi connectivity index (χ4v) is 1.36. The molecule has 0 fully saturated rings. The fourth-order valence-electron chi connectivity index (χ4n) is 1.02. The van der Waals surface area contributed by atoms with Crippen molar-refractivity contribution in [3.05, 3.63) is 28.2 Å². The maximum Gasteiger partial charge on any atom is 0.278 e. The zero-order chi connectivity index (χ0) is 11.3. The van der Waals surface area contributed by atoms with Crippen LogP contribution in [0, 0.1) is 0 Å². The molecule has 0 aliphatic carbocycles. The molecule has 0 aliphatic heterocycles. The topological polar surface area (TPSA) is 49.2 Å². The average Bonchev–Trinajstić information content (AvgIpc) is 2.20. The molecule has 3 nitrogen and oxygen atoms in total. The quantitative estimate of drug-likeness (QED) is 0.612. The molecule has 5 heteroatoms. The molecule has 0 saturated heterocycles. The van der Waals surface area contributed by atoms with Gasteiger partial charge in [0.2, 0.25) is 0 Å². The second-order valence-corrected chi connectivity index (χ2v) is 3.76. The molecule has 0 unspecified atom stereocenters. The Hall–Kier alpha value is -0.930. The highest BCUT2D eigenvalue weighted by atomic mass is 35.5.